The van der Waals surface area contributed by atoms with Gasteiger partial charge in [0.15, 0.2) is 17.3 Å². The van der Waals surface area contributed by atoms with Crippen LogP contribution in [0.5, 0.6) is 0 Å². The van der Waals surface area contributed by atoms with Gasteiger partial charge in [-0.2, -0.15) is 0 Å². The lowest BCUT2D eigenvalue weighted by Gasteiger charge is -2.41. The predicted molar refractivity (Wildman–Crippen MR) is 74.9 cm³/mol. The molecular formula is C17H18O3. The highest BCUT2D eigenvalue weighted by Gasteiger charge is 2.50. The Bertz CT molecular complexity index is 616. The number of fused-ring (bicyclic) bond motifs is 1. The Labute approximate surface area is 118 Å². The lowest BCUT2D eigenvalue weighted by molar-refractivity contribution is -0.134. The van der Waals surface area contributed by atoms with Crippen molar-refractivity contribution in [2.45, 2.75) is 27.2 Å². The van der Waals surface area contributed by atoms with E-state index in [9.17, 15) is 14.4 Å². The van der Waals surface area contributed by atoms with Gasteiger partial charge < -0.3 is 0 Å². The summed E-state index contributed by atoms with van der Waals surface area (Å²) < 4.78 is 0. The molecule has 0 aromatic carbocycles. The molecule has 0 saturated heterocycles. The largest absolute Gasteiger partial charge is 0.294 e. The zero-order valence-electron chi connectivity index (χ0n) is 12.0. The number of carbonyl (C=O) groups is 3. The van der Waals surface area contributed by atoms with Gasteiger partial charge in [0.25, 0.3) is 0 Å². The van der Waals surface area contributed by atoms with Crippen LogP contribution in [-0.2, 0) is 14.4 Å². The number of hydrogen-bond acceptors (Lipinski definition) is 3. The quantitative estimate of drug-likeness (QED) is 0.502. The molecule has 0 heterocycles. The topological polar surface area (TPSA) is 51.2 Å². The van der Waals surface area contributed by atoms with Crippen LogP contribution in [0.1, 0.15) is 27.2 Å². The molecule has 0 saturated carbocycles. The highest BCUT2D eigenvalue weighted by Crippen LogP contribution is 2.46. The minimum Gasteiger partial charge on any atom is -0.294 e. The summed E-state index contributed by atoms with van der Waals surface area (Å²) in [4.78, 5) is 37.7. The molecule has 3 nitrogen and oxygen atoms in total. The summed E-state index contributed by atoms with van der Waals surface area (Å²) >= 11 is 0. The van der Waals surface area contributed by atoms with E-state index in [1.165, 1.54) is 6.08 Å². The number of hydrogen-bond donors (Lipinski definition) is 0. The molecule has 0 amide bonds. The van der Waals surface area contributed by atoms with Gasteiger partial charge in [0, 0.05) is 22.8 Å². The molecule has 3 unspecified atom stereocenters. The molecule has 104 valence electrons. The molecule has 0 aromatic rings. The van der Waals surface area contributed by atoms with E-state index in [0.29, 0.717) is 12.0 Å². The Kier molecular flexibility index (Phi) is 2.72. The van der Waals surface area contributed by atoms with Gasteiger partial charge >= 0.3 is 0 Å². The fourth-order valence-corrected chi connectivity index (χ4v) is 3.70. The van der Waals surface area contributed by atoms with E-state index in [2.05, 4.69) is 0 Å². The predicted octanol–water partition coefficient (Wildman–Crippen LogP) is 2.43. The molecule has 3 rings (SSSR count). The molecule has 0 radical (unpaired) electrons. The maximum atomic E-state index is 12.8. The van der Waals surface area contributed by atoms with Crippen molar-refractivity contribution in [2.75, 3.05) is 0 Å². The van der Waals surface area contributed by atoms with Crippen LogP contribution in [0.3, 0.4) is 0 Å². The molecule has 0 N–H and O–H groups in total. The molecule has 3 aliphatic carbocycles. The van der Waals surface area contributed by atoms with E-state index < -0.39 is 5.41 Å². The molecule has 20 heavy (non-hydrogen) atoms. The van der Waals surface area contributed by atoms with Crippen LogP contribution in [0, 0.1) is 23.2 Å². The first-order valence-corrected chi connectivity index (χ1v) is 7.08. The second kappa shape index (κ2) is 4.11. The van der Waals surface area contributed by atoms with E-state index >= 15 is 0 Å². The van der Waals surface area contributed by atoms with Gasteiger partial charge in [-0.25, -0.2) is 0 Å². The average molecular weight is 270 g/mol. The summed E-state index contributed by atoms with van der Waals surface area (Å²) in [7, 11) is 0. The van der Waals surface area contributed by atoms with Crippen LogP contribution < -0.4 is 0 Å². The van der Waals surface area contributed by atoms with E-state index in [1.54, 1.807) is 6.08 Å². The maximum Gasteiger partial charge on any atom is 0.189 e. The summed E-state index contributed by atoms with van der Waals surface area (Å²) in [6.45, 7) is 5.72. The number of rotatable bonds is 0. The highest BCUT2D eigenvalue weighted by atomic mass is 16.2. The summed E-state index contributed by atoms with van der Waals surface area (Å²) in [5, 5.41) is 0. The van der Waals surface area contributed by atoms with Gasteiger partial charge in [0.05, 0.1) is 5.57 Å². The normalized spacial score (nSPS) is 35.1. The second-order valence-corrected chi connectivity index (χ2v) is 6.55. The lowest BCUT2D eigenvalue weighted by atomic mass is 9.59. The third kappa shape index (κ3) is 1.62. The minimum absolute atomic E-state index is 0.0106. The van der Waals surface area contributed by atoms with Crippen LogP contribution in [-0.4, -0.2) is 17.3 Å². The van der Waals surface area contributed by atoms with Gasteiger partial charge in [0.2, 0.25) is 0 Å². The molecule has 3 atom stereocenters. The number of Topliss-reactive ketones (excluding diaryl/α,β-unsaturated/α-hetero) is 2. The highest BCUT2D eigenvalue weighted by molar-refractivity contribution is 6.32. The third-order valence-electron chi connectivity index (χ3n) is 4.75. The van der Waals surface area contributed by atoms with Crippen molar-refractivity contribution >= 4 is 17.3 Å². The van der Waals surface area contributed by atoms with Crippen LogP contribution in [0.4, 0.5) is 0 Å². The fourth-order valence-electron chi connectivity index (χ4n) is 3.70. The second-order valence-electron chi connectivity index (χ2n) is 6.55. The maximum absolute atomic E-state index is 12.8. The van der Waals surface area contributed by atoms with E-state index in [1.807, 2.05) is 32.9 Å². The number of allylic oxidation sites excluding steroid dienone is 6. The van der Waals surface area contributed by atoms with Crippen molar-refractivity contribution in [2.24, 2.45) is 23.2 Å². The summed E-state index contributed by atoms with van der Waals surface area (Å²) in [6, 6.07) is 0. The standard InChI is InChI=1S/C17H18O3/c1-9-5-4-6-10-12(9)16(20)13-11(18)7-8-17(2,3)14(13)15(10)19/h4-5,7-10,12H,6H2,1-3H3. The zero-order chi connectivity index (χ0) is 14.7. The SMILES string of the molecule is CC1C=CCC2C(=O)C3=C(C(=O)C=CC3(C)C)C(=O)C12. The van der Waals surface area contributed by atoms with Crippen LogP contribution in [0.2, 0.25) is 0 Å². The molecule has 0 aliphatic heterocycles. The van der Waals surface area contributed by atoms with Gasteiger partial charge in [-0.05, 0) is 18.4 Å². The Morgan fingerprint density at radius 2 is 1.85 bits per heavy atom. The summed E-state index contributed by atoms with van der Waals surface area (Å²) in [5.74, 6) is -1.09. The van der Waals surface area contributed by atoms with Crippen LogP contribution >= 0.6 is 0 Å². The Balaban J connectivity index is 2.20. The first kappa shape index (κ1) is 13.2. The molecule has 0 spiro atoms. The van der Waals surface area contributed by atoms with Crippen molar-refractivity contribution in [3.63, 3.8) is 0 Å². The zero-order valence-corrected chi connectivity index (χ0v) is 12.0. The number of carbonyl (C=O) groups excluding carboxylic acids is 3. The molecule has 0 fully saturated rings. The van der Waals surface area contributed by atoms with Crippen molar-refractivity contribution < 1.29 is 14.4 Å². The Morgan fingerprint density at radius 1 is 1.15 bits per heavy atom. The van der Waals surface area contributed by atoms with E-state index in [-0.39, 0.29) is 40.7 Å². The first-order chi connectivity index (χ1) is 9.34. The van der Waals surface area contributed by atoms with Gasteiger partial charge in [-0.15, -0.1) is 0 Å². The molecular weight excluding hydrogens is 252 g/mol. The van der Waals surface area contributed by atoms with E-state index in [4.69, 9.17) is 0 Å². The minimum atomic E-state index is -0.536. The summed E-state index contributed by atoms with van der Waals surface area (Å²) in [5.41, 5.74) is 0.0374. The molecule has 3 aliphatic rings. The lowest BCUT2D eigenvalue weighted by Crippen LogP contribution is -2.47. The van der Waals surface area contributed by atoms with Crippen LogP contribution in [0.25, 0.3) is 0 Å². The van der Waals surface area contributed by atoms with Gasteiger partial charge in [-0.3, -0.25) is 14.4 Å². The van der Waals surface area contributed by atoms with Crippen LogP contribution in [0.15, 0.2) is 35.5 Å². The average Bonchev–Trinajstić information content (AvgIpc) is 2.38. The molecule has 0 bridgehead atoms. The summed E-state index contributed by atoms with van der Waals surface area (Å²) in [6.07, 6.45) is 7.74. The third-order valence-corrected chi connectivity index (χ3v) is 4.75. The van der Waals surface area contributed by atoms with Crippen molar-refractivity contribution in [3.05, 3.63) is 35.5 Å². The smallest absolute Gasteiger partial charge is 0.189 e. The Hall–Kier alpha value is -1.77. The van der Waals surface area contributed by atoms with Crippen molar-refractivity contribution in [1.82, 2.24) is 0 Å². The van der Waals surface area contributed by atoms with Crippen molar-refractivity contribution in [1.29, 1.82) is 0 Å². The fraction of sp³-hybridized carbons (Fsp3) is 0.471. The van der Waals surface area contributed by atoms with Crippen molar-refractivity contribution in [3.8, 4) is 0 Å². The number of ketones is 3. The molecule has 0 aromatic heterocycles. The van der Waals surface area contributed by atoms with E-state index in [0.717, 1.165) is 0 Å². The molecule has 3 heteroatoms. The Morgan fingerprint density at radius 3 is 2.55 bits per heavy atom. The monoisotopic (exact) mass is 270 g/mol. The van der Waals surface area contributed by atoms with Gasteiger partial charge in [-0.1, -0.05) is 39.0 Å². The van der Waals surface area contributed by atoms with Gasteiger partial charge in [0.1, 0.15) is 0 Å². The first-order valence-electron chi connectivity index (χ1n) is 7.08.